The lowest BCUT2D eigenvalue weighted by molar-refractivity contribution is 0.233. The number of para-hydroxylation sites is 1. The van der Waals surface area contributed by atoms with Crippen LogP contribution in [0, 0.1) is 6.92 Å². The lowest BCUT2D eigenvalue weighted by Crippen LogP contribution is -2.27. The quantitative estimate of drug-likeness (QED) is 0.329. The molecule has 12 heavy (non-hydrogen) atoms. The van der Waals surface area contributed by atoms with E-state index in [1.165, 1.54) is 0 Å². The summed E-state index contributed by atoms with van der Waals surface area (Å²) < 4.78 is 0. The van der Waals surface area contributed by atoms with Crippen LogP contribution in [0.25, 0.3) is 0 Å². The van der Waals surface area contributed by atoms with Crippen molar-refractivity contribution in [2.45, 2.75) is 6.92 Å². The zero-order chi connectivity index (χ0) is 8.97. The summed E-state index contributed by atoms with van der Waals surface area (Å²) in [5.74, 6) is -0.00991. The van der Waals surface area contributed by atoms with E-state index in [2.05, 4.69) is 4.99 Å². The molecule has 0 saturated heterocycles. The Hall–Kier alpha value is -1.55. The molecule has 0 unspecified atom stereocenters. The van der Waals surface area contributed by atoms with Crippen LogP contribution in [0.2, 0.25) is 0 Å². The molecular weight excluding hydrogens is 154 g/mol. The van der Waals surface area contributed by atoms with Crippen LogP contribution in [0.4, 0.5) is 5.69 Å². The van der Waals surface area contributed by atoms with Crippen LogP contribution in [-0.4, -0.2) is 11.2 Å². The summed E-state index contributed by atoms with van der Waals surface area (Å²) >= 11 is 0. The van der Waals surface area contributed by atoms with Gasteiger partial charge in [-0.05, 0) is 18.6 Å². The number of hydrogen-bond donors (Lipinski definition) is 3. The van der Waals surface area contributed by atoms with Crippen LogP contribution in [0.1, 0.15) is 5.56 Å². The minimum atomic E-state index is -0.00991. The second-order valence-corrected chi connectivity index (χ2v) is 2.40. The van der Waals surface area contributed by atoms with Crippen molar-refractivity contribution in [1.82, 2.24) is 5.48 Å². The van der Waals surface area contributed by atoms with E-state index in [1.807, 2.05) is 31.2 Å². The third-order valence-electron chi connectivity index (χ3n) is 1.47. The Labute approximate surface area is 70.7 Å². The summed E-state index contributed by atoms with van der Waals surface area (Å²) in [6.45, 7) is 1.92. The first kappa shape index (κ1) is 8.55. The highest BCUT2D eigenvalue weighted by molar-refractivity contribution is 5.80. The highest BCUT2D eigenvalue weighted by Gasteiger charge is 1.94. The largest absolute Gasteiger partial charge is 0.368 e. The Balaban J connectivity index is 2.96. The van der Waals surface area contributed by atoms with E-state index in [-0.39, 0.29) is 5.96 Å². The molecule has 0 amide bonds. The molecule has 0 aliphatic carbocycles. The molecule has 1 rings (SSSR count). The van der Waals surface area contributed by atoms with Crippen LogP contribution in [0.3, 0.4) is 0 Å². The minimum Gasteiger partial charge on any atom is -0.368 e. The third kappa shape index (κ3) is 1.96. The molecule has 1 aromatic carbocycles. The van der Waals surface area contributed by atoms with Crippen LogP contribution in [-0.2, 0) is 0 Å². The van der Waals surface area contributed by atoms with E-state index < -0.39 is 0 Å². The number of nitrogens with zero attached hydrogens (tertiary/aromatic N) is 1. The Morgan fingerprint density at radius 2 is 2.17 bits per heavy atom. The van der Waals surface area contributed by atoms with E-state index >= 15 is 0 Å². The van der Waals surface area contributed by atoms with Crippen molar-refractivity contribution in [3.05, 3.63) is 29.8 Å². The lowest BCUT2D eigenvalue weighted by Gasteiger charge is -2.00. The molecule has 0 fully saturated rings. The van der Waals surface area contributed by atoms with Gasteiger partial charge in [0.15, 0.2) is 0 Å². The van der Waals surface area contributed by atoms with E-state index in [0.717, 1.165) is 11.3 Å². The Kier molecular flexibility index (Phi) is 2.66. The van der Waals surface area contributed by atoms with E-state index in [4.69, 9.17) is 10.9 Å². The molecule has 0 radical (unpaired) electrons. The molecule has 0 aliphatic heterocycles. The van der Waals surface area contributed by atoms with Crippen molar-refractivity contribution in [2.24, 2.45) is 10.7 Å². The molecular formula is C8H11N3O. The van der Waals surface area contributed by atoms with Gasteiger partial charge in [0.2, 0.25) is 5.96 Å². The van der Waals surface area contributed by atoms with Gasteiger partial charge in [-0.3, -0.25) is 5.21 Å². The van der Waals surface area contributed by atoms with Crippen molar-refractivity contribution in [1.29, 1.82) is 0 Å². The average Bonchev–Trinajstić information content (AvgIpc) is 2.09. The van der Waals surface area contributed by atoms with Crippen molar-refractivity contribution in [3.63, 3.8) is 0 Å². The first-order valence-electron chi connectivity index (χ1n) is 3.54. The first-order valence-corrected chi connectivity index (χ1v) is 3.54. The minimum absolute atomic E-state index is 0.00991. The fraction of sp³-hybridized carbons (Fsp3) is 0.125. The van der Waals surface area contributed by atoms with Gasteiger partial charge >= 0.3 is 0 Å². The number of hydroxylamine groups is 1. The maximum absolute atomic E-state index is 8.38. The monoisotopic (exact) mass is 165 g/mol. The van der Waals surface area contributed by atoms with E-state index in [9.17, 15) is 0 Å². The number of benzene rings is 1. The van der Waals surface area contributed by atoms with Crippen molar-refractivity contribution < 1.29 is 5.21 Å². The molecule has 64 valence electrons. The Morgan fingerprint density at radius 1 is 1.50 bits per heavy atom. The van der Waals surface area contributed by atoms with Crippen LogP contribution in [0.5, 0.6) is 0 Å². The molecule has 0 spiro atoms. The highest BCUT2D eigenvalue weighted by Crippen LogP contribution is 2.16. The van der Waals surface area contributed by atoms with Gasteiger partial charge in [0.25, 0.3) is 0 Å². The van der Waals surface area contributed by atoms with Gasteiger partial charge in [-0.1, -0.05) is 18.2 Å². The van der Waals surface area contributed by atoms with Crippen LogP contribution < -0.4 is 11.2 Å². The van der Waals surface area contributed by atoms with Crippen molar-refractivity contribution >= 4 is 11.6 Å². The van der Waals surface area contributed by atoms with Gasteiger partial charge in [0.05, 0.1) is 5.69 Å². The number of rotatable bonds is 1. The van der Waals surface area contributed by atoms with Gasteiger partial charge in [0, 0.05) is 0 Å². The summed E-state index contributed by atoms with van der Waals surface area (Å²) in [4.78, 5) is 3.91. The second-order valence-electron chi connectivity index (χ2n) is 2.40. The van der Waals surface area contributed by atoms with Gasteiger partial charge in [0.1, 0.15) is 0 Å². The van der Waals surface area contributed by atoms with Crippen LogP contribution >= 0.6 is 0 Å². The maximum Gasteiger partial charge on any atom is 0.218 e. The molecule has 0 aliphatic rings. The number of guanidine groups is 1. The van der Waals surface area contributed by atoms with Gasteiger partial charge < -0.3 is 5.73 Å². The van der Waals surface area contributed by atoms with Gasteiger partial charge in [-0.2, -0.15) is 0 Å². The number of hydrogen-bond acceptors (Lipinski definition) is 2. The topological polar surface area (TPSA) is 70.6 Å². The zero-order valence-corrected chi connectivity index (χ0v) is 6.78. The number of aryl methyl sites for hydroxylation is 1. The number of nitrogens with one attached hydrogen (secondary N) is 1. The fourth-order valence-corrected chi connectivity index (χ4v) is 0.844. The molecule has 4 N–H and O–H groups in total. The molecule has 1 aromatic rings. The van der Waals surface area contributed by atoms with Gasteiger partial charge in [-0.15, -0.1) is 0 Å². The SMILES string of the molecule is Cc1ccccc1N=C(N)NO. The highest BCUT2D eigenvalue weighted by atomic mass is 16.5. The lowest BCUT2D eigenvalue weighted by atomic mass is 10.2. The third-order valence-corrected chi connectivity index (χ3v) is 1.47. The van der Waals surface area contributed by atoms with E-state index in [0.29, 0.717) is 0 Å². The summed E-state index contributed by atoms with van der Waals surface area (Å²) in [6.07, 6.45) is 0. The molecule has 0 aromatic heterocycles. The zero-order valence-electron chi connectivity index (χ0n) is 6.78. The molecule has 0 atom stereocenters. The molecule has 0 heterocycles. The van der Waals surface area contributed by atoms with E-state index in [1.54, 1.807) is 5.48 Å². The normalized spacial score (nSPS) is 11.3. The smallest absolute Gasteiger partial charge is 0.218 e. The average molecular weight is 165 g/mol. The standard InChI is InChI=1S/C8H11N3O/c1-6-4-2-3-5-7(6)10-8(9)11-12/h2-5,12H,1H3,(H3,9,10,11). The van der Waals surface area contributed by atoms with Crippen molar-refractivity contribution in [2.75, 3.05) is 0 Å². The first-order chi connectivity index (χ1) is 5.74. The second kappa shape index (κ2) is 3.73. The molecule has 0 bridgehead atoms. The molecule has 4 heteroatoms. The number of nitrogens with two attached hydrogens (primary N) is 1. The molecule has 4 nitrogen and oxygen atoms in total. The van der Waals surface area contributed by atoms with Crippen LogP contribution in [0.15, 0.2) is 29.3 Å². The summed E-state index contributed by atoms with van der Waals surface area (Å²) in [5.41, 5.74) is 8.79. The van der Waals surface area contributed by atoms with Gasteiger partial charge in [-0.25, -0.2) is 10.5 Å². The summed E-state index contributed by atoms with van der Waals surface area (Å²) in [6, 6.07) is 7.51. The van der Waals surface area contributed by atoms with Crippen molar-refractivity contribution in [3.8, 4) is 0 Å². The number of aliphatic imine (C=N–C) groups is 1. The maximum atomic E-state index is 8.38. The summed E-state index contributed by atoms with van der Waals surface area (Å²) in [7, 11) is 0. The predicted octanol–water partition coefficient (Wildman–Crippen LogP) is 0.920. The Morgan fingerprint density at radius 3 is 2.75 bits per heavy atom. The predicted molar refractivity (Wildman–Crippen MR) is 47.4 cm³/mol. The fourth-order valence-electron chi connectivity index (χ4n) is 0.844. The Bertz CT molecular complexity index is 296. The molecule has 0 saturated carbocycles. The summed E-state index contributed by atoms with van der Waals surface area (Å²) in [5, 5.41) is 8.38.